The highest BCUT2D eigenvalue weighted by molar-refractivity contribution is 14.0. The van der Waals surface area contributed by atoms with E-state index in [9.17, 15) is 4.79 Å². The number of carbonyl (C=O) groups is 1. The van der Waals surface area contributed by atoms with Crippen molar-refractivity contribution < 1.29 is 9.53 Å². The molecule has 0 spiro atoms. The van der Waals surface area contributed by atoms with Crippen LogP contribution in [0.25, 0.3) is 0 Å². The fourth-order valence-electron chi connectivity index (χ4n) is 3.08. The molecule has 7 nitrogen and oxygen atoms in total. The lowest BCUT2D eigenvalue weighted by molar-refractivity contribution is 0.0827. The molecule has 1 heterocycles. The topological polar surface area (TPSA) is 78.9 Å². The van der Waals surface area contributed by atoms with Crippen LogP contribution in [0.3, 0.4) is 0 Å². The number of guanidine groups is 1. The number of rotatable bonds is 7. The molecule has 0 aliphatic carbocycles. The van der Waals surface area contributed by atoms with Crippen molar-refractivity contribution in [1.29, 1.82) is 0 Å². The number of aliphatic imine (C=N–C) groups is 1. The largest absolute Gasteiger partial charge is 0.496 e. The predicted octanol–water partition coefficient (Wildman–Crippen LogP) is 2.93. The molecule has 2 rings (SSSR count). The number of nitrogens with one attached hydrogen (secondary N) is 2. The van der Waals surface area contributed by atoms with Gasteiger partial charge in [-0.3, -0.25) is 14.8 Å². The summed E-state index contributed by atoms with van der Waals surface area (Å²) in [6.45, 7) is 5.24. The van der Waals surface area contributed by atoms with E-state index in [0.29, 0.717) is 24.6 Å². The standard InChI is InChI=1S/C22H31N5O2.HI/c1-15-13-25-19(16(2)20(15)29-6)14-26-22(23-3)24-11-10-17-8-7-9-18(12-17)21(28)27(4)5;/h7-9,12-13H,10-11,14H2,1-6H3,(H2,23,24,26);1H. The fourth-order valence-corrected chi connectivity index (χ4v) is 3.08. The van der Waals surface area contributed by atoms with E-state index in [4.69, 9.17) is 4.74 Å². The monoisotopic (exact) mass is 525 g/mol. The number of methoxy groups -OCH3 is 1. The third kappa shape index (κ3) is 6.86. The van der Waals surface area contributed by atoms with Crippen LogP contribution in [0.4, 0.5) is 0 Å². The summed E-state index contributed by atoms with van der Waals surface area (Å²) in [6, 6.07) is 7.71. The van der Waals surface area contributed by atoms with Gasteiger partial charge in [0.1, 0.15) is 5.75 Å². The normalized spacial score (nSPS) is 10.8. The van der Waals surface area contributed by atoms with Crippen LogP contribution in [0.15, 0.2) is 35.5 Å². The van der Waals surface area contributed by atoms with E-state index in [1.165, 1.54) is 0 Å². The highest BCUT2D eigenvalue weighted by Gasteiger charge is 2.10. The first kappa shape index (κ1) is 25.7. The molecule has 0 aliphatic heterocycles. The lowest BCUT2D eigenvalue weighted by Gasteiger charge is -2.15. The first-order chi connectivity index (χ1) is 13.9. The summed E-state index contributed by atoms with van der Waals surface area (Å²) in [5, 5.41) is 6.59. The quantitative estimate of drug-likeness (QED) is 0.330. The second-order valence-electron chi connectivity index (χ2n) is 7.05. The van der Waals surface area contributed by atoms with Crippen molar-refractivity contribution in [3.05, 3.63) is 58.4 Å². The molecule has 0 atom stereocenters. The average Bonchev–Trinajstić information content (AvgIpc) is 2.71. The Bertz CT molecular complexity index is 884. The number of pyridine rings is 1. The summed E-state index contributed by atoms with van der Waals surface area (Å²) in [5.74, 6) is 1.58. The molecule has 0 fully saturated rings. The van der Waals surface area contributed by atoms with Gasteiger partial charge in [-0.15, -0.1) is 24.0 Å². The molecule has 1 amide bonds. The summed E-state index contributed by atoms with van der Waals surface area (Å²) in [4.78, 5) is 22.5. The number of ether oxygens (including phenoxy) is 1. The van der Waals surface area contributed by atoms with Gasteiger partial charge in [-0.25, -0.2) is 0 Å². The van der Waals surface area contributed by atoms with Gasteiger partial charge in [0.25, 0.3) is 5.91 Å². The molecule has 1 aromatic heterocycles. The van der Waals surface area contributed by atoms with Crippen LogP contribution < -0.4 is 15.4 Å². The third-order valence-corrected chi connectivity index (χ3v) is 4.68. The Morgan fingerprint density at radius 2 is 1.97 bits per heavy atom. The van der Waals surface area contributed by atoms with Crippen molar-refractivity contribution in [1.82, 2.24) is 20.5 Å². The number of halogens is 1. The highest BCUT2D eigenvalue weighted by Crippen LogP contribution is 2.23. The molecule has 0 bridgehead atoms. The lowest BCUT2D eigenvalue weighted by Crippen LogP contribution is -2.38. The molecule has 8 heteroatoms. The van der Waals surface area contributed by atoms with Crippen LogP contribution in [0, 0.1) is 13.8 Å². The van der Waals surface area contributed by atoms with E-state index in [1.807, 2.05) is 44.3 Å². The van der Waals surface area contributed by atoms with Crippen molar-refractivity contribution in [2.75, 3.05) is 34.8 Å². The SMILES string of the molecule is CN=C(NCCc1cccc(C(=O)N(C)C)c1)NCc1ncc(C)c(OC)c1C.I. The van der Waals surface area contributed by atoms with Gasteiger partial charge in [-0.05, 0) is 38.0 Å². The molecule has 2 aromatic rings. The molecule has 0 saturated carbocycles. The molecule has 2 N–H and O–H groups in total. The molecule has 30 heavy (non-hydrogen) atoms. The predicted molar refractivity (Wildman–Crippen MR) is 132 cm³/mol. The average molecular weight is 525 g/mol. The summed E-state index contributed by atoms with van der Waals surface area (Å²) in [7, 11) is 6.93. The van der Waals surface area contributed by atoms with Gasteiger partial charge in [0, 0.05) is 50.6 Å². The van der Waals surface area contributed by atoms with E-state index < -0.39 is 0 Å². The van der Waals surface area contributed by atoms with Gasteiger partial charge in [0.2, 0.25) is 0 Å². The smallest absolute Gasteiger partial charge is 0.253 e. The van der Waals surface area contributed by atoms with Gasteiger partial charge in [0.05, 0.1) is 19.3 Å². The Hall–Kier alpha value is -2.36. The molecule has 0 saturated heterocycles. The highest BCUT2D eigenvalue weighted by atomic mass is 127. The third-order valence-electron chi connectivity index (χ3n) is 4.68. The Morgan fingerprint density at radius 3 is 2.60 bits per heavy atom. The summed E-state index contributed by atoms with van der Waals surface area (Å²) in [6.07, 6.45) is 2.60. The summed E-state index contributed by atoms with van der Waals surface area (Å²) >= 11 is 0. The van der Waals surface area contributed by atoms with Crippen LogP contribution in [0.1, 0.15) is 32.7 Å². The van der Waals surface area contributed by atoms with Gasteiger partial charge >= 0.3 is 0 Å². The van der Waals surface area contributed by atoms with E-state index in [1.54, 1.807) is 33.2 Å². The molecule has 0 aliphatic rings. The molecular formula is C22H32IN5O2. The van der Waals surface area contributed by atoms with Gasteiger partial charge < -0.3 is 20.3 Å². The maximum absolute atomic E-state index is 12.1. The minimum Gasteiger partial charge on any atom is -0.496 e. The van der Waals surface area contributed by atoms with Crippen LogP contribution in [0.5, 0.6) is 5.75 Å². The van der Waals surface area contributed by atoms with Crippen LogP contribution in [-0.2, 0) is 13.0 Å². The van der Waals surface area contributed by atoms with Gasteiger partial charge in [-0.1, -0.05) is 12.1 Å². The second kappa shape index (κ2) is 12.4. The Morgan fingerprint density at radius 1 is 1.23 bits per heavy atom. The summed E-state index contributed by atoms with van der Waals surface area (Å²) in [5.41, 5.74) is 4.76. The molecule has 0 unspecified atom stereocenters. The fraction of sp³-hybridized carbons (Fsp3) is 0.409. The minimum atomic E-state index is 0. The van der Waals surface area contributed by atoms with E-state index >= 15 is 0 Å². The van der Waals surface area contributed by atoms with Crippen molar-refractivity contribution in [2.24, 2.45) is 4.99 Å². The Labute approximate surface area is 196 Å². The lowest BCUT2D eigenvalue weighted by atomic mass is 10.1. The zero-order valence-electron chi connectivity index (χ0n) is 18.6. The van der Waals surface area contributed by atoms with E-state index in [0.717, 1.165) is 34.6 Å². The number of aryl methyl sites for hydroxylation is 1. The van der Waals surface area contributed by atoms with Crippen molar-refractivity contribution in [2.45, 2.75) is 26.8 Å². The Kier molecular flexibility index (Phi) is 10.6. The summed E-state index contributed by atoms with van der Waals surface area (Å²) < 4.78 is 5.46. The van der Waals surface area contributed by atoms with Crippen molar-refractivity contribution in [3.63, 3.8) is 0 Å². The number of aromatic nitrogens is 1. The molecule has 164 valence electrons. The van der Waals surface area contributed by atoms with Gasteiger partial charge in [-0.2, -0.15) is 0 Å². The molecular weight excluding hydrogens is 493 g/mol. The maximum atomic E-state index is 12.1. The van der Waals surface area contributed by atoms with Crippen molar-refractivity contribution in [3.8, 4) is 5.75 Å². The molecule has 0 radical (unpaired) electrons. The first-order valence-corrected chi connectivity index (χ1v) is 9.61. The number of benzene rings is 1. The minimum absolute atomic E-state index is 0. The number of carbonyl (C=O) groups excluding carboxylic acids is 1. The number of hydrogen-bond acceptors (Lipinski definition) is 4. The molecule has 1 aromatic carbocycles. The van der Waals surface area contributed by atoms with Crippen LogP contribution in [-0.4, -0.2) is 56.5 Å². The van der Waals surface area contributed by atoms with E-state index in [2.05, 4.69) is 20.6 Å². The second-order valence-corrected chi connectivity index (χ2v) is 7.05. The van der Waals surface area contributed by atoms with Gasteiger partial charge in [0.15, 0.2) is 5.96 Å². The zero-order valence-corrected chi connectivity index (χ0v) is 20.9. The zero-order chi connectivity index (χ0) is 21.4. The van der Waals surface area contributed by atoms with Crippen LogP contribution in [0.2, 0.25) is 0 Å². The first-order valence-electron chi connectivity index (χ1n) is 9.61. The number of hydrogen-bond donors (Lipinski definition) is 2. The Balaban J connectivity index is 0.00000450. The van der Waals surface area contributed by atoms with Crippen molar-refractivity contribution >= 4 is 35.8 Å². The number of amides is 1. The number of nitrogens with zero attached hydrogens (tertiary/aromatic N) is 3. The van der Waals surface area contributed by atoms with E-state index in [-0.39, 0.29) is 29.9 Å². The van der Waals surface area contributed by atoms with Crippen LogP contribution >= 0.6 is 24.0 Å². The maximum Gasteiger partial charge on any atom is 0.253 e.